The van der Waals surface area contributed by atoms with E-state index in [-0.39, 0.29) is 5.57 Å². The molecule has 1 heterocycles. The Hall–Kier alpha value is -2.92. The molecular formula is C26H33N3O4. The van der Waals surface area contributed by atoms with Gasteiger partial charge in [-0.3, -0.25) is 4.79 Å². The molecule has 1 aliphatic heterocycles. The van der Waals surface area contributed by atoms with Crippen LogP contribution < -0.4 is 10.2 Å². The molecule has 1 fully saturated rings. The van der Waals surface area contributed by atoms with Gasteiger partial charge >= 0.3 is 0 Å². The zero-order chi connectivity index (χ0) is 23.3. The number of methoxy groups -OCH3 is 1. The summed E-state index contributed by atoms with van der Waals surface area (Å²) in [4.78, 5) is 14.8. The minimum atomic E-state index is -0.405. The van der Waals surface area contributed by atoms with Gasteiger partial charge in [-0.05, 0) is 59.9 Å². The maximum atomic E-state index is 12.4. The van der Waals surface area contributed by atoms with Crippen molar-refractivity contribution in [1.29, 1.82) is 5.26 Å². The molecule has 0 bridgehead atoms. The highest BCUT2D eigenvalue weighted by Gasteiger charge is 2.12. The predicted octanol–water partition coefficient (Wildman–Crippen LogP) is 3.53. The third-order valence-corrected chi connectivity index (χ3v) is 5.58. The topological polar surface area (TPSA) is 83.8 Å². The van der Waals surface area contributed by atoms with Crippen LogP contribution >= 0.6 is 0 Å². The number of carbonyl (C=O) groups excluding carboxylic acids is 1. The Balaban J connectivity index is 1.51. The highest BCUT2D eigenvalue weighted by atomic mass is 16.5. The van der Waals surface area contributed by atoms with E-state index in [1.807, 2.05) is 24.3 Å². The van der Waals surface area contributed by atoms with E-state index in [0.717, 1.165) is 29.4 Å². The van der Waals surface area contributed by atoms with Crippen LogP contribution in [-0.2, 0) is 19.0 Å². The Labute approximate surface area is 195 Å². The van der Waals surface area contributed by atoms with E-state index in [0.29, 0.717) is 39.6 Å². The molecule has 1 aliphatic rings. The summed E-state index contributed by atoms with van der Waals surface area (Å²) < 4.78 is 15.6. The predicted molar refractivity (Wildman–Crippen MR) is 130 cm³/mol. The first-order valence-electron chi connectivity index (χ1n) is 11.5. The molecule has 3 rings (SSSR count). The molecule has 7 heteroatoms. The van der Waals surface area contributed by atoms with Crippen LogP contribution in [0.2, 0.25) is 0 Å². The van der Waals surface area contributed by atoms with E-state index in [4.69, 9.17) is 14.2 Å². The second-order valence-corrected chi connectivity index (χ2v) is 7.98. The van der Waals surface area contributed by atoms with Crippen molar-refractivity contribution in [1.82, 2.24) is 5.32 Å². The van der Waals surface area contributed by atoms with Gasteiger partial charge in [0.05, 0.1) is 33.0 Å². The lowest BCUT2D eigenvalue weighted by atomic mass is 10.0. The number of piperidine rings is 1. The number of ether oxygens (including phenoxy) is 3. The Bertz CT molecular complexity index is 977. The molecule has 7 nitrogen and oxygen atoms in total. The standard InChI is InChI=1S/C26H33N3O4/c1-31-13-14-33-16-15-32-12-9-28-26(30)24(20-27)18-21-5-6-23-19-25(8-7-22(23)17-21)29-10-3-2-4-11-29/h5-8,17-19H,2-4,9-16H2,1H3,(H,28,30). The SMILES string of the molecule is COCCOCCOCCNC(=O)C(C#N)=Cc1ccc2cc(N3CCCCC3)ccc2c1. The minimum absolute atomic E-state index is 0.0715. The Morgan fingerprint density at radius 2 is 1.70 bits per heavy atom. The molecule has 0 radical (unpaired) electrons. The first-order chi connectivity index (χ1) is 16.2. The molecule has 2 aromatic carbocycles. The number of fused-ring (bicyclic) bond motifs is 1. The van der Waals surface area contributed by atoms with Crippen molar-refractivity contribution in [3.8, 4) is 6.07 Å². The maximum absolute atomic E-state index is 12.4. The Morgan fingerprint density at radius 3 is 2.45 bits per heavy atom. The molecule has 2 aromatic rings. The summed E-state index contributed by atoms with van der Waals surface area (Å²) in [5.74, 6) is -0.405. The van der Waals surface area contributed by atoms with Gasteiger partial charge in [0.1, 0.15) is 11.6 Å². The number of nitriles is 1. The van der Waals surface area contributed by atoms with Crippen molar-refractivity contribution in [3.63, 3.8) is 0 Å². The number of hydrogen-bond acceptors (Lipinski definition) is 6. The van der Waals surface area contributed by atoms with Gasteiger partial charge in [-0.25, -0.2) is 0 Å². The second-order valence-electron chi connectivity index (χ2n) is 7.98. The molecular weight excluding hydrogens is 418 g/mol. The number of anilines is 1. The van der Waals surface area contributed by atoms with Crippen molar-refractivity contribution < 1.29 is 19.0 Å². The Morgan fingerprint density at radius 1 is 1.00 bits per heavy atom. The Kier molecular flexibility index (Phi) is 10.2. The van der Waals surface area contributed by atoms with Crippen LogP contribution in [0.5, 0.6) is 0 Å². The summed E-state index contributed by atoms with van der Waals surface area (Å²) in [6.07, 6.45) is 5.43. The quantitative estimate of drug-likeness (QED) is 0.302. The van der Waals surface area contributed by atoms with Gasteiger partial charge in [0.25, 0.3) is 5.91 Å². The molecule has 33 heavy (non-hydrogen) atoms. The van der Waals surface area contributed by atoms with Gasteiger partial charge in [-0.15, -0.1) is 0 Å². The molecule has 0 aliphatic carbocycles. The summed E-state index contributed by atoms with van der Waals surface area (Å²) >= 11 is 0. The van der Waals surface area contributed by atoms with E-state index in [1.54, 1.807) is 13.2 Å². The van der Waals surface area contributed by atoms with Gasteiger partial charge < -0.3 is 24.4 Å². The van der Waals surface area contributed by atoms with Crippen LogP contribution in [0.1, 0.15) is 24.8 Å². The van der Waals surface area contributed by atoms with Crippen molar-refractivity contribution in [2.45, 2.75) is 19.3 Å². The number of nitrogens with one attached hydrogen (secondary N) is 1. The van der Waals surface area contributed by atoms with Gasteiger partial charge in [-0.1, -0.05) is 18.2 Å². The van der Waals surface area contributed by atoms with Crippen LogP contribution in [0.4, 0.5) is 5.69 Å². The summed E-state index contributed by atoms with van der Waals surface area (Å²) in [5, 5.41) is 14.4. The number of amides is 1. The van der Waals surface area contributed by atoms with Crippen molar-refractivity contribution in [2.24, 2.45) is 0 Å². The average Bonchev–Trinajstić information content (AvgIpc) is 2.86. The molecule has 0 atom stereocenters. The number of nitrogens with zero attached hydrogens (tertiary/aromatic N) is 2. The molecule has 1 amide bonds. The number of carbonyl (C=O) groups is 1. The van der Waals surface area contributed by atoms with Crippen LogP contribution in [0, 0.1) is 11.3 Å². The highest BCUT2D eigenvalue weighted by molar-refractivity contribution is 6.02. The van der Waals surface area contributed by atoms with Crippen molar-refractivity contribution in [3.05, 3.63) is 47.5 Å². The normalized spacial score (nSPS) is 14.3. The number of benzene rings is 2. The smallest absolute Gasteiger partial charge is 0.262 e. The fourth-order valence-electron chi connectivity index (χ4n) is 3.80. The average molecular weight is 452 g/mol. The summed E-state index contributed by atoms with van der Waals surface area (Å²) in [6.45, 7) is 4.90. The first-order valence-corrected chi connectivity index (χ1v) is 11.5. The van der Waals surface area contributed by atoms with E-state index in [9.17, 15) is 10.1 Å². The van der Waals surface area contributed by atoms with Gasteiger partial charge in [-0.2, -0.15) is 5.26 Å². The van der Waals surface area contributed by atoms with Crippen LogP contribution in [0.25, 0.3) is 16.8 Å². The third kappa shape index (κ3) is 7.86. The molecule has 1 N–H and O–H groups in total. The first kappa shape index (κ1) is 24.7. The fraction of sp³-hybridized carbons (Fsp3) is 0.462. The molecule has 0 saturated carbocycles. The van der Waals surface area contributed by atoms with E-state index in [1.165, 1.54) is 24.9 Å². The zero-order valence-electron chi connectivity index (χ0n) is 19.3. The lowest BCUT2D eigenvalue weighted by Crippen LogP contribution is -2.29. The lowest BCUT2D eigenvalue weighted by Gasteiger charge is -2.29. The maximum Gasteiger partial charge on any atom is 0.262 e. The third-order valence-electron chi connectivity index (χ3n) is 5.58. The van der Waals surface area contributed by atoms with E-state index < -0.39 is 5.91 Å². The van der Waals surface area contributed by atoms with Crippen molar-refractivity contribution >= 4 is 28.4 Å². The monoisotopic (exact) mass is 451 g/mol. The van der Waals surface area contributed by atoms with E-state index >= 15 is 0 Å². The molecule has 176 valence electrons. The molecule has 0 spiro atoms. The summed E-state index contributed by atoms with van der Waals surface area (Å²) in [7, 11) is 1.62. The van der Waals surface area contributed by atoms with Crippen LogP contribution in [0.3, 0.4) is 0 Å². The zero-order valence-corrected chi connectivity index (χ0v) is 19.3. The lowest BCUT2D eigenvalue weighted by molar-refractivity contribution is -0.117. The fourth-order valence-corrected chi connectivity index (χ4v) is 3.80. The summed E-state index contributed by atoms with van der Waals surface area (Å²) in [5.41, 5.74) is 2.15. The van der Waals surface area contributed by atoms with Gasteiger partial charge in [0.15, 0.2) is 0 Å². The number of rotatable bonds is 12. The van der Waals surface area contributed by atoms with E-state index in [2.05, 4.69) is 28.4 Å². The second kappa shape index (κ2) is 13.6. The highest BCUT2D eigenvalue weighted by Crippen LogP contribution is 2.26. The summed E-state index contributed by atoms with van der Waals surface area (Å²) in [6, 6.07) is 14.5. The molecule has 0 aromatic heterocycles. The minimum Gasteiger partial charge on any atom is -0.382 e. The molecule has 0 unspecified atom stereocenters. The van der Waals surface area contributed by atoms with Gasteiger partial charge in [0, 0.05) is 32.4 Å². The van der Waals surface area contributed by atoms with Gasteiger partial charge in [0.2, 0.25) is 0 Å². The number of hydrogen-bond donors (Lipinski definition) is 1. The van der Waals surface area contributed by atoms with Crippen LogP contribution in [-0.4, -0.2) is 65.7 Å². The van der Waals surface area contributed by atoms with Crippen molar-refractivity contribution in [2.75, 3.05) is 64.7 Å². The van der Waals surface area contributed by atoms with Crippen LogP contribution in [0.15, 0.2) is 42.0 Å². The molecule has 1 saturated heterocycles. The largest absolute Gasteiger partial charge is 0.382 e.